The van der Waals surface area contributed by atoms with Gasteiger partial charge in [-0.1, -0.05) is 23.9 Å². The van der Waals surface area contributed by atoms with Crippen LogP contribution >= 0.6 is 11.8 Å². The first-order valence-corrected chi connectivity index (χ1v) is 6.63. The van der Waals surface area contributed by atoms with Crippen molar-refractivity contribution < 1.29 is 14.7 Å². The van der Waals surface area contributed by atoms with E-state index in [1.807, 2.05) is 0 Å². The van der Waals surface area contributed by atoms with E-state index in [1.54, 1.807) is 6.92 Å². The predicted molar refractivity (Wildman–Crippen MR) is 69.8 cm³/mol. The first kappa shape index (κ1) is 16.9. The van der Waals surface area contributed by atoms with Crippen molar-refractivity contribution in [3.63, 3.8) is 0 Å². The molecule has 4 N–H and O–H groups in total. The van der Waals surface area contributed by atoms with Gasteiger partial charge < -0.3 is 16.3 Å². The quantitative estimate of drug-likeness (QED) is 0.251. The molecule has 0 saturated carbocycles. The van der Waals surface area contributed by atoms with Crippen LogP contribution in [0.5, 0.6) is 0 Å². The SMILES string of the molecule is CC(=O)NCCSC(=O)[C@@H](C)[C@H](O)CCN=NN. The summed E-state index contributed by atoms with van der Waals surface area (Å²) in [7, 11) is 0. The highest BCUT2D eigenvalue weighted by molar-refractivity contribution is 8.13. The van der Waals surface area contributed by atoms with Crippen LogP contribution in [0.15, 0.2) is 10.3 Å². The molecule has 104 valence electrons. The third-order valence-corrected chi connectivity index (χ3v) is 3.34. The van der Waals surface area contributed by atoms with Crippen LogP contribution in [0.3, 0.4) is 0 Å². The highest BCUT2D eigenvalue weighted by Crippen LogP contribution is 2.16. The molecule has 18 heavy (non-hydrogen) atoms. The van der Waals surface area contributed by atoms with Crippen molar-refractivity contribution >= 4 is 22.8 Å². The molecule has 0 aliphatic rings. The normalized spacial score (nSPS) is 14.4. The van der Waals surface area contributed by atoms with E-state index >= 15 is 0 Å². The maximum atomic E-state index is 11.7. The molecule has 0 radical (unpaired) electrons. The first-order valence-electron chi connectivity index (χ1n) is 5.64. The molecule has 0 spiro atoms. The van der Waals surface area contributed by atoms with Gasteiger partial charge in [0.1, 0.15) is 0 Å². The molecule has 0 heterocycles. The molecular formula is C10H20N4O3S. The number of thioether (sulfide) groups is 1. The number of hydrogen-bond acceptors (Lipinski definition) is 6. The van der Waals surface area contributed by atoms with Gasteiger partial charge in [0, 0.05) is 19.2 Å². The summed E-state index contributed by atoms with van der Waals surface area (Å²) in [4.78, 5) is 22.3. The summed E-state index contributed by atoms with van der Waals surface area (Å²) in [5.41, 5.74) is 0. The van der Waals surface area contributed by atoms with Crippen LogP contribution < -0.4 is 11.2 Å². The average Bonchev–Trinajstić information content (AvgIpc) is 2.33. The molecule has 0 aromatic rings. The highest BCUT2D eigenvalue weighted by Gasteiger charge is 2.21. The fourth-order valence-corrected chi connectivity index (χ4v) is 1.99. The summed E-state index contributed by atoms with van der Waals surface area (Å²) >= 11 is 1.10. The third kappa shape index (κ3) is 8.02. The van der Waals surface area contributed by atoms with Crippen LogP contribution in [-0.4, -0.2) is 41.1 Å². The van der Waals surface area contributed by atoms with E-state index in [-0.39, 0.29) is 11.0 Å². The van der Waals surface area contributed by atoms with Crippen molar-refractivity contribution in [2.45, 2.75) is 26.4 Å². The lowest BCUT2D eigenvalue weighted by Crippen LogP contribution is -2.27. The van der Waals surface area contributed by atoms with Gasteiger partial charge in [0.15, 0.2) is 5.12 Å². The lowest BCUT2D eigenvalue weighted by atomic mass is 10.0. The molecule has 1 amide bonds. The topological polar surface area (TPSA) is 117 Å². The fraction of sp³-hybridized carbons (Fsp3) is 0.800. The Hall–Kier alpha value is -1.15. The number of nitrogens with zero attached hydrogens (tertiary/aromatic N) is 2. The molecule has 0 aliphatic heterocycles. The van der Waals surface area contributed by atoms with E-state index in [1.165, 1.54) is 6.92 Å². The summed E-state index contributed by atoms with van der Waals surface area (Å²) < 4.78 is 0. The van der Waals surface area contributed by atoms with Gasteiger partial charge in [0.25, 0.3) is 0 Å². The standard InChI is InChI=1S/C10H20N4O3S/c1-7(9(16)3-4-13-14-11)10(17)18-6-5-12-8(2)15/h7,9,16H,3-6H2,1-2H3,(H2,11,13)(H,12,15)/t7-,9+/m0/s1. The van der Waals surface area contributed by atoms with Gasteiger partial charge in [-0.2, -0.15) is 5.11 Å². The number of nitrogens with two attached hydrogens (primary N) is 1. The summed E-state index contributed by atoms with van der Waals surface area (Å²) in [5.74, 6) is 4.73. The van der Waals surface area contributed by atoms with Crippen LogP contribution in [0.4, 0.5) is 0 Å². The summed E-state index contributed by atoms with van der Waals surface area (Å²) in [6.45, 7) is 3.82. The van der Waals surface area contributed by atoms with Crippen molar-refractivity contribution in [3.8, 4) is 0 Å². The molecular weight excluding hydrogens is 256 g/mol. The Bertz CT molecular complexity index is 299. The maximum absolute atomic E-state index is 11.7. The van der Waals surface area contributed by atoms with Gasteiger partial charge in [0.2, 0.25) is 5.91 Å². The van der Waals surface area contributed by atoms with Crippen LogP contribution in [0.25, 0.3) is 0 Å². The van der Waals surface area contributed by atoms with Crippen LogP contribution in [0.1, 0.15) is 20.3 Å². The van der Waals surface area contributed by atoms with Gasteiger partial charge >= 0.3 is 0 Å². The number of carbonyl (C=O) groups is 2. The highest BCUT2D eigenvalue weighted by atomic mass is 32.2. The minimum absolute atomic E-state index is 0.0995. The molecule has 0 aromatic heterocycles. The zero-order valence-corrected chi connectivity index (χ0v) is 11.4. The lowest BCUT2D eigenvalue weighted by Gasteiger charge is -2.16. The van der Waals surface area contributed by atoms with E-state index in [4.69, 9.17) is 5.84 Å². The Balaban J connectivity index is 3.83. The second-order valence-electron chi connectivity index (χ2n) is 3.78. The van der Waals surface area contributed by atoms with E-state index in [0.29, 0.717) is 25.3 Å². The number of hydrogen-bond donors (Lipinski definition) is 3. The molecule has 0 aromatic carbocycles. The van der Waals surface area contributed by atoms with Crippen LogP contribution in [0, 0.1) is 5.92 Å². The Labute approximate surface area is 111 Å². The van der Waals surface area contributed by atoms with Gasteiger partial charge in [-0.3, -0.25) is 9.59 Å². The number of rotatable bonds is 8. The zero-order valence-electron chi connectivity index (χ0n) is 10.6. The Morgan fingerprint density at radius 2 is 2.17 bits per heavy atom. The van der Waals surface area contributed by atoms with Crippen molar-refractivity contribution in [1.29, 1.82) is 0 Å². The molecule has 0 aliphatic carbocycles. The number of carbonyl (C=O) groups excluding carboxylic acids is 2. The Morgan fingerprint density at radius 3 is 2.72 bits per heavy atom. The Morgan fingerprint density at radius 1 is 1.50 bits per heavy atom. The lowest BCUT2D eigenvalue weighted by molar-refractivity contribution is -0.119. The largest absolute Gasteiger partial charge is 0.392 e. The summed E-state index contributed by atoms with van der Waals surface area (Å²) in [6, 6.07) is 0. The molecule has 0 rings (SSSR count). The maximum Gasteiger partial charge on any atom is 0.216 e. The average molecular weight is 276 g/mol. The monoisotopic (exact) mass is 276 g/mol. The second-order valence-corrected chi connectivity index (χ2v) is 4.87. The zero-order chi connectivity index (χ0) is 14.0. The first-order chi connectivity index (χ1) is 8.49. The van der Waals surface area contributed by atoms with Gasteiger partial charge in [0.05, 0.1) is 18.6 Å². The molecule has 7 nitrogen and oxygen atoms in total. The van der Waals surface area contributed by atoms with Crippen LogP contribution in [-0.2, 0) is 9.59 Å². The minimum atomic E-state index is -0.753. The predicted octanol–water partition coefficient (Wildman–Crippen LogP) is 0.0953. The molecule has 8 heteroatoms. The van der Waals surface area contributed by atoms with E-state index in [0.717, 1.165) is 11.8 Å². The van der Waals surface area contributed by atoms with Crippen molar-refractivity contribution in [3.05, 3.63) is 0 Å². The van der Waals surface area contributed by atoms with Crippen molar-refractivity contribution in [1.82, 2.24) is 5.32 Å². The molecule has 0 fully saturated rings. The molecule has 2 atom stereocenters. The van der Waals surface area contributed by atoms with Crippen molar-refractivity contribution in [2.75, 3.05) is 18.8 Å². The second kappa shape index (κ2) is 9.84. The molecule has 0 saturated heterocycles. The number of aliphatic hydroxyl groups is 1. The van der Waals surface area contributed by atoms with Crippen LogP contribution in [0.2, 0.25) is 0 Å². The molecule has 0 unspecified atom stereocenters. The minimum Gasteiger partial charge on any atom is -0.392 e. The van der Waals surface area contributed by atoms with E-state index < -0.39 is 12.0 Å². The van der Waals surface area contributed by atoms with Crippen molar-refractivity contribution in [2.24, 2.45) is 22.1 Å². The Kier molecular flexibility index (Phi) is 9.21. The van der Waals surface area contributed by atoms with E-state index in [2.05, 4.69) is 15.7 Å². The van der Waals surface area contributed by atoms with Gasteiger partial charge in [-0.25, -0.2) is 0 Å². The summed E-state index contributed by atoms with van der Waals surface area (Å²) in [6.07, 6.45) is -0.406. The van der Waals surface area contributed by atoms with E-state index in [9.17, 15) is 14.7 Å². The third-order valence-electron chi connectivity index (χ3n) is 2.28. The number of nitrogens with one attached hydrogen (secondary N) is 1. The fourth-order valence-electron chi connectivity index (χ4n) is 1.16. The number of aliphatic hydroxyl groups excluding tert-OH is 1. The van der Waals surface area contributed by atoms with Gasteiger partial charge in [-0.05, 0) is 6.42 Å². The smallest absolute Gasteiger partial charge is 0.216 e. The van der Waals surface area contributed by atoms with Gasteiger partial charge in [-0.15, -0.1) is 0 Å². The number of amides is 1. The summed E-state index contributed by atoms with van der Waals surface area (Å²) in [5, 5.41) is 18.8. The molecule has 0 bridgehead atoms.